The molecule has 0 aromatic carbocycles. The number of alkyl halides is 3. The molecule has 0 aliphatic heterocycles. The molecular weight excluding hydrogens is 273 g/mol. The maximum Gasteiger partial charge on any atom is 0.103 e. The van der Waals surface area contributed by atoms with Crippen LogP contribution in [0.3, 0.4) is 0 Å². The molecule has 122 valence electrons. The summed E-state index contributed by atoms with van der Waals surface area (Å²) in [7, 11) is 0. The molecule has 21 heavy (non-hydrogen) atoms. The van der Waals surface area contributed by atoms with Crippen molar-refractivity contribution in [1.82, 2.24) is 0 Å². The third-order valence-corrected chi connectivity index (χ3v) is 6.51. The van der Waals surface area contributed by atoms with E-state index < -0.39 is 18.5 Å². The Morgan fingerprint density at radius 1 is 0.524 bits per heavy atom. The lowest BCUT2D eigenvalue weighted by molar-refractivity contribution is 0.0132. The summed E-state index contributed by atoms with van der Waals surface area (Å²) in [6, 6.07) is 0. The van der Waals surface area contributed by atoms with E-state index in [0.29, 0.717) is 31.6 Å². The number of hydrogen-bond acceptors (Lipinski definition) is 0. The van der Waals surface area contributed by atoms with Crippen molar-refractivity contribution in [3.63, 3.8) is 0 Å². The number of hydrogen-bond donors (Lipinski definition) is 0. The second-order valence-corrected chi connectivity index (χ2v) is 7.73. The molecule has 0 N–H and O–H groups in total. The topological polar surface area (TPSA) is 0 Å². The average Bonchev–Trinajstić information content (AvgIpc) is 2.49. The van der Waals surface area contributed by atoms with Crippen LogP contribution in [0.5, 0.6) is 0 Å². The van der Waals surface area contributed by atoms with Crippen molar-refractivity contribution in [2.24, 2.45) is 23.7 Å². The highest BCUT2D eigenvalue weighted by molar-refractivity contribution is 4.91. The lowest BCUT2D eigenvalue weighted by atomic mass is 9.65. The van der Waals surface area contributed by atoms with E-state index >= 15 is 0 Å². The zero-order valence-electron chi connectivity index (χ0n) is 13.0. The van der Waals surface area contributed by atoms with Gasteiger partial charge in [0, 0.05) is 0 Å². The summed E-state index contributed by atoms with van der Waals surface area (Å²) in [4.78, 5) is 0. The summed E-state index contributed by atoms with van der Waals surface area (Å²) in [6.45, 7) is 0. The summed E-state index contributed by atoms with van der Waals surface area (Å²) in [5.41, 5.74) is 0. The normalized spacial score (nSPS) is 49.0. The van der Waals surface area contributed by atoms with E-state index in [1.54, 1.807) is 0 Å². The Kier molecular flexibility index (Phi) is 5.16. The summed E-state index contributed by atoms with van der Waals surface area (Å²) in [5, 5.41) is 0. The first-order valence-corrected chi connectivity index (χ1v) is 9.07. The quantitative estimate of drug-likeness (QED) is 0.605. The average molecular weight is 302 g/mol. The number of halogens is 3. The lowest BCUT2D eigenvalue weighted by Crippen LogP contribution is -2.38. The Hall–Kier alpha value is -0.210. The Bertz CT molecular complexity index is 324. The molecule has 0 bridgehead atoms. The monoisotopic (exact) mass is 302 g/mol. The number of rotatable bonds is 2. The standard InChI is InChI=1S/C18H29F3/c19-14-8-5-12(6-9-14)16-10-7-13(11-18(16)21)15-3-1-2-4-17(15)20/h12-18H,1-11H2. The van der Waals surface area contributed by atoms with Crippen molar-refractivity contribution < 1.29 is 13.2 Å². The first-order valence-electron chi connectivity index (χ1n) is 9.07. The van der Waals surface area contributed by atoms with Gasteiger partial charge < -0.3 is 0 Å². The van der Waals surface area contributed by atoms with Crippen LogP contribution in [0, 0.1) is 23.7 Å². The third kappa shape index (κ3) is 3.59. The Morgan fingerprint density at radius 3 is 1.81 bits per heavy atom. The molecule has 3 rings (SSSR count). The van der Waals surface area contributed by atoms with Gasteiger partial charge >= 0.3 is 0 Å². The van der Waals surface area contributed by atoms with Gasteiger partial charge in [-0.15, -0.1) is 0 Å². The van der Waals surface area contributed by atoms with Crippen molar-refractivity contribution in [3.05, 3.63) is 0 Å². The molecule has 3 saturated carbocycles. The fourth-order valence-electron chi connectivity index (χ4n) is 5.24. The van der Waals surface area contributed by atoms with E-state index in [2.05, 4.69) is 0 Å². The van der Waals surface area contributed by atoms with Crippen LogP contribution in [0.1, 0.15) is 70.6 Å². The van der Waals surface area contributed by atoms with Gasteiger partial charge in [0.05, 0.1) is 0 Å². The zero-order chi connectivity index (χ0) is 14.8. The van der Waals surface area contributed by atoms with Crippen molar-refractivity contribution in [3.8, 4) is 0 Å². The van der Waals surface area contributed by atoms with Gasteiger partial charge in [0.25, 0.3) is 0 Å². The molecule has 0 spiro atoms. The van der Waals surface area contributed by atoms with Gasteiger partial charge in [-0.3, -0.25) is 0 Å². The first kappa shape index (κ1) is 15.7. The minimum absolute atomic E-state index is 0.111. The van der Waals surface area contributed by atoms with Gasteiger partial charge in [-0.05, 0) is 81.5 Å². The fourth-order valence-corrected chi connectivity index (χ4v) is 5.24. The van der Waals surface area contributed by atoms with Gasteiger partial charge in [-0.25, -0.2) is 13.2 Å². The van der Waals surface area contributed by atoms with Crippen LogP contribution in [-0.2, 0) is 0 Å². The fraction of sp³-hybridized carbons (Fsp3) is 1.00. The molecule has 0 saturated heterocycles. The van der Waals surface area contributed by atoms with E-state index in [1.165, 1.54) is 0 Å². The second kappa shape index (κ2) is 6.91. The Labute approximate surface area is 126 Å². The third-order valence-electron chi connectivity index (χ3n) is 6.51. The molecule has 0 aromatic rings. The molecular formula is C18H29F3. The largest absolute Gasteiger partial charge is 0.247 e. The summed E-state index contributed by atoms with van der Waals surface area (Å²) < 4.78 is 42.0. The van der Waals surface area contributed by atoms with E-state index in [1.807, 2.05) is 0 Å². The van der Waals surface area contributed by atoms with Gasteiger partial charge in [0.15, 0.2) is 0 Å². The molecule has 5 unspecified atom stereocenters. The van der Waals surface area contributed by atoms with Crippen molar-refractivity contribution in [2.45, 2.75) is 89.1 Å². The van der Waals surface area contributed by atoms with Gasteiger partial charge in [-0.1, -0.05) is 12.8 Å². The minimum atomic E-state index is -0.779. The van der Waals surface area contributed by atoms with E-state index in [9.17, 15) is 13.2 Å². The highest BCUT2D eigenvalue weighted by atomic mass is 19.1. The van der Waals surface area contributed by atoms with E-state index in [4.69, 9.17) is 0 Å². The molecule has 3 fully saturated rings. The zero-order valence-corrected chi connectivity index (χ0v) is 13.0. The lowest BCUT2D eigenvalue weighted by Gasteiger charge is -2.42. The minimum Gasteiger partial charge on any atom is -0.247 e. The summed E-state index contributed by atoms with van der Waals surface area (Å²) >= 11 is 0. The van der Waals surface area contributed by atoms with Crippen molar-refractivity contribution >= 4 is 0 Å². The van der Waals surface area contributed by atoms with Gasteiger partial charge in [0.1, 0.15) is 18.5 Å². The molecule has 0 heterocycles. The molecule has 5 atom stereocenters. The highest BCUT2D eigenvalue weighted by Gasteiger charge is 2.41. The Balaban J connectivity index is 1.54. The van der Waals surface area contributed by atoms with Crippen LogP contribution in [0.25, 0.3) is 0 Å². The Morgan fingerprint density at radius 2 is 1.14 bits per heavy atom. The molecule has 0 aromatic heterocycles. The van der Waals surface area contributed by atoms with E-state index in [-0.39, 0.29) is 17.8 Å². The van der Waals surface area contributed by atoms with Gasteiger partial charge in [-0.2, -0.15) is 0 Å². The molecule has 3 aliphatic carbocycles. The predicted molar refractivity (Wildman–Crippen MR) is 79.4 cm³/mol. The van der Waals surface area contributed by atoms with Crippen LogP contribution >= 0.6 is 0 Å². The van der Waals surface area contributed by atoms with Crippen LogP contribution in [0.2, 0.25) is 0 Å². The maximum absolute atomic E-state index is 14.6. The van der Waals surface area contributed by atoms with E-state index in [0.717, 1.165) is 44.9 Å². The SMILES string of the molecule is FC1CCC(C2CCC(C3CCCCC3F)CC2F)CC1. The molecule has 0 nitrogen and oxygen atoms in total. The maximum atomic E-state index is 14.6. The molecule has 3 aliphatic rings. The van der Waals surface area contributed by atoms with Crippen molar-refractivity contribution in [2.75, 3.05) is 0 Å². The highest BCUT2D eigenvalue weighted by Crippen LogP contribution is 2.46. The van der Waals surface area contributed by atoms with Crippen LogP contribution in [0.4, 0.5) is 13.2 Å². The molecule has 3 heteroatoms. The van der Waals surface area contributed by atoms with Crippen LogP contribution < -0.4 is 0 Å². The molecule has 0 radical (unpaired) electrons. The second-order valence-electron chi connectivity index (χ2n) is 7.73. The summed E-state index contributed by atoms with van der Waals surface area (Å²) in [6.07, 6.45) is 7.00. The molecule has 0 amide bonds. The smallest absolute Gasteiger partial charge is 0.103 e. The first-order chi connectivity index (χ1) is 10.1. The summed E-state index contributed by atoms with van der Waals surface area (Å²) in [5.74, 6) is 0.861. The predicted octanol–water partition coefficient (Wildman–Crippen LogP) is 5.80. The van der Waals surface area contributed by atoms with Crippen LogP contribution in [0.15, 0.2) is 0 Å². The van der Waals surface area contributed by atoms with Crippen LogP contribution in [-0.4, -0.2) is 18.5 Å². The van der Waals surface area contributed by atoms with Crippen molar-refractivity contribution in [1.29, 1.82) is 0 Å². The van der Waals surface area contributed by atoms with Gasteiger partial charge in [0.2, 0.25) is 0 Å².